The highest BCUT2D eigenvalue weighted by atomic mass is 32.2. The lowest BCUT2D eigenvalue weighted by Crippen LogP contribution is -2.49. The van der Waals surface area contributed by atoms with Crippen LogP contribution in [0.25, 0.3) is 11.3 Å². The van der Waals surface area contributed by atoms with E-state index in [4.69, 9.17) is 0 Å². The van der Waals surface area contributed by atoms with E-state index in [1.165, 1.54) is 17.8 Å². The summed E-state index contributed by atoms with van der Waals surface area (Å²) in [5, 5.41) is 8.71. The highest BCUT2D eigenvalue weighted by Crippen LogP contribution is 2.22. The molecule has 1 saturated heterocycles. The van der Waals surface area contributed by atoms with Gasteiger partial charge in [-0.25, -0.2) is 4.39 Å². The average molecular weight is 493 g/mol. The van der Waals surface area contributed by atoms with Gasteiger partial charge in [0.2, 0.25) is 11.6 Å². The summed E-state index contributed by atoms with van der Waals surface area (Å²) < 4.78 is 17.2. The average Bonchev–Trinajstić information content (AvgIpc) is 3.29. The molecule has 0 unspecified atom stereocenters. The van der Waals surface area contributed by atoms with Crippen molar-refractivity contribution in [2.75, 3.05) is 36.8 Å². The molecule has 0 N–H and O–H groups in total. The first-order valence-electron chi connectivity index (χ1n) is 11.4. The van der Waals surface area contributed by atoms with Gasteiger partial charge in [-0.2, -0.15) is 0 Å². The zero-order valence-electron chi connectivity index (χ0n) is 19.5. The largest absolute Gasteiger partial charge is 0.366 e. The topological polar surface area (TPSA) is 75.7 Å². The van der Waals surface area contributed by atoms with E-state index in [2.05, 4.69) is 10.2 Å². The van der Waals surface area contributed by atoms with Gasteiger partial charge in [-0.3, -0.25) is 18.6 Å². The minimum atomic E-state index is -0.273. The molecule has 1 aliphatic rings. The zero-order chi connectivity index (χ0) is 24.5. The number of benzene rings is 2. The quantitative estimate of drug-likeness (QED) is 0.399. The molecule has 1 amide bonds. The van der Waals surface area contributed by atoms with Gasteiger partial charge < -0.3 is 9.80 Å². The Balaban J connectivity index is 1.25. The standard InChI is InChI=1S/C25H25FN6O2S/c1-17-7-8-19(15-18(17)2)31-13-14-32-23(24(31)34)27-28-25(32)35-16-22(33)30-11-9-29(10-12-30)21-6-4-3-5-20(21)26/h3-8,13-15H,9-12,16H2,1-2H3. The molecule has 2 aromatic heterocycles. The molecule has 1 aliphatic heterocycles. The van der Waals surface area contributed by atoms with Crippen molar-refractivity contribution in [1.82, 2.24) is 24.1 Å². The van der Waals surface area contributed by atoms with Gasteiger partial charge in [0.05, 0.1) is 11.4 Å². The van der Waals surface area contributed by atoms with Crippen molar-refractivity contribution in [2.24, 2.45) is 0 Å². The number of fused-ring (bicyclic) bond motifs is 1. The highest BCUT2D eigenvalue weighted by Gasteiger charge is 2.23. The monoisotopic (exact) mass is 492 g/mol. The van der Waals surface area contributed by atoms with Crippen molar-refractivity contribution in [3.63, 3.8) is 0 Å². The predicted molar refractivity (Wildman–Crippen MR) is 134 cm³/mol. The fourth-order valence-corrected chi connectivity index (χ4v) is 4.99. The number of piperazine rings is 1. The predicted octanol–water partition coefficient (Wildman–Crippen LogP) is 3.08. The van der Waals surface area contributed by atoms with Crippen LogP contribution >= 0.6 is 11.8 Å². The molecule has 1 fully saturated rings. The van der Waals surface area contributed by atoms with E-state index < -0.39 is 0 Å². The second-order valence-corrected chi connectivity index (χ2v) is 9.47. The number of nitrogens with zero attached hydrogens (tertiary/aromatic N) is 6. The maximum atomic E-state index is 14.1. The van der Waals surface area contributed by atoms with Gasteiger partial charge in [0.25, 0.3) is 0 Å². The summed E-state index contributed by atoms with van der Waals surface area (Å²) in [5.41, 5.74) is 3.52. The van der Waals surface area contributed by atoms with Crippen LogP contribution in [0.2, 0.25) is 0 Å². The molecule has 35 heavy (non-hydrogen) atoms. The molecule has 0 spiro atoms. The Morgan fingerprint density at radius 2 is 1.77 bits per heavy atom. The Kier molecular flexibility index (Phi) is 6.29. The van der Waals surface area contributed by atoms with Gasteiger partial charge in [-0.15, -0.1) is 10.2 Å². The second kappa shape index (κ2) is 9.53. The minimum absolute atomic E-state index is 0.0246. The molecule has 180 valence electrons. The van der Waals surface area contributed by atoms with E-state index in [-0.39, 0.29) is 28.7 Å². The van der Waals surface area contributed by atoms with Gasteiger partial charge in [-0.1, -0.05) is 30.0 Å². The molecule has 2 aromatic carbocycles. The van der Waals surface area contributed by atoms with Gasteiger partial charge >= 0.3 is 5.56 Å². The fourth-order valence-electron chi connectivity index (χ4n) is 4.17. The zero-order valence-corrected chi connectivity index (χ0v) is 20.3. The van der Waals surface area contributed by atoms with Crippen molar-refractivity contribution >= 4 is 29.0 Å². The van der Waals surface area contributed by atoms with E-state index in [1.54, 1.807) is 38.4 Å². The normalized spacial score (nSPS) is 14.0. The Morgan fingerprint density at radius 1 is 1.00 bits per heavy atom. The fraction of sp³-hybridized carbons (Fsp3) is 0.280. The molecular weight excluding hydrogens is 467 g/mol. The molecule has 0 radical (unpaired) electrons. The molecule has 0 aliphatic carbocycles. The van der Waals surface area contributed by atoms with Crippen LogP contribution in [0.4, 0.5) is 10.1 Å². The van der Waals surface area contributed by atoms with E-state index in [0.29, 0.717) is 37.0 Å². The Bertz CT molecular complexity index is 1460. The summed E-state index contributed by atoms with van der Waals surface area (Å²) in [6.07, 6.45) is 3.43. The number of carbonyl (C=O) groups excluding carboxylic acids is 1. The first-order valence-corrected chi connectivity index (χ1v) is 12.3. The van der Waals surface area contributed by atoms with Crippen LogP contribution in [0, 0.1) is 19.7 Å². The number of amides is 1. The second-order valence-electron chi connectivity index (χ2n) is 8.53. The number of carbonyl (C=O) groups is 1. The number of hydrogen-bond donors (Lipinski definition) is 0. The van der Waals surface area contributed by atoms with Crippen LogP contribution in [0.15, 0.2) is 64.8 Å². The van der Waals surface area contributed by atoms with Crippen LogP contribution in [0.5, 0.6) is 0 Å². The molecular formula is C25H25FN6O2S. The molecule has 5 rings (SSSR count). The molecule has 4 aromatic rings. The summed E-state index contributed by atoms with van der Waals surface area (Å²) in [6, 6.07) is 12.5. The van der Waals surface area contributed by atoms with Gasteiger partial charge in [0.1, 0.15) is 5.82 Å². The molecule has 3 heterocycles. The number of aromatic nitrogens is 4. The first-order chi connectivity index (χ1) is 16.9. The van der Waals surface area contributed by atoms with E-state index >= 15 is 0 Å². The van der Waals surface area contributed by atoms with Crippen LogP contribution in [-0.4, -0.2) is 61.9 Å². The van der Waals surface area contributed by atoms with Crippen LogP contribution < -0.4 is 10.5 Å². The van der Waals surface area contributed by atoms with E-state index in [1.807, 2.05) is 43.0 Å². The van der Waals surface area contributed by atoms with Crippen LogP contribution in [-0.2, 0) is 4.79 Å². The maximum absolute atomic E-state index is 14.1. The van der Waals surface area contributed by atoms with Crippen molar-refractivity contribution in [1.29, 1.82) is 0 Å². The summed E-state index contributed by atoms with van der Waals surface area (Å²) in [6.45, 7) is 6.22. The number of para-hydroxylation sites is 1. The minimum Gasteiger partial charge on any atom is -0.366 e. The molecule has 8 nitrogen and oxygen atoms in total. The molecule has 0 bridgehead atoms. The van der Waals surface area contributed by atoms with E-state index in [0.717, 1.165) is 16.8 Å². The number of thioether (sulfide) groups is 1. The SMILES string of the molecule is Cc1ccc(-n2ccn3c(SCC(=O)N4CCN(c5ccccc5F)CC4)nnc3c2=O)cc1C. The Morgan fingerprint density at radius 3 is 2.51 bits per heavy atom. The summed E-state index contributed by atoms with van der Waals surface area (Å²) in [7, 11) is 0. The molecule has 0 atom stereocenters. The van der Waals surface area contributed by atoms with Crippen molar-refractivity contribution in [3.05, 3.63) is 82.2 Å². The summed E-state index contributed by atoms with van der Waals surface area (Å²) in [5.74, 6) is -0.0951. The number of aryl methyl sites for hydroxylation is 2. The number of anilines is 1. The molecule has 10 heteroatoms. The van der Waals surface area contributed by atoms with Crippen molar-refractivity contribution < 1.29 is 9.18 Å². The summed E-state index contributed by atoms with van der Waals surface area (Å²) >= 11 is 1.25. The Labute approximate surface area is 206 Å². The van der Waals surface area contributed by atoms with Crippen LogP contribution in [0.3, 0.4) is 0 Å². The Hall–Kier alpha value is -3.66. The first kappa shape index (κ1) is 23.1. The van der Waals surface area contributed by atoms with Gasteiger partial charge in [0, 0.05) is 44.3 Å². The van der Waals surface area contributed by atoms with Gasteiger partial charge in [-0.05, 0) is 49.2 Å². The van der Waals surface area contributed by atoms with Crippen LogP contribution in [0.1, 0.15) is 11.1 Å². The van der Waals surface area contributed by atoms with Crippen molar-refractivity contribution in [2.45, 2.75) is 19.0 Å². The lowest BCUT2D eigenvalue weighted by Gasteiger charge is -2.36. The highest BCUT2D eigenvalue weighted by molar-refractivity contribution is 7.99. The van der Waals surface area contributed by atoms with E-state index in [9.17, 15) is 14.0 Å². The smallest absolute Gasteiger partial charge is 0.300 e. The molecule has 0 saturated carbocycles. The van der Waals surface area contributed by atoms with Gasteiger partial charge in [0.15, 0.2) is 5.16 Å². The maximum Gasteiger partial charge on any atom is 0.300 e. The number of halogens is 1. The third-order valence-electron chi connectivity index (χ3n) is 6.36. The number of rotatable bonds is 5. The van der Waals surface area contributed by atoms with Crippen molar-refractivity contribution in [3.8, 4) is 5.69 Å². The number of hydrogen-bond acceptors (Lipinski definition) is 6. The third-order valence-corrected chi connectivity index (χ3v) is 7.29. The summed E-state index contributed by atoms with van der Waals surface area (Å²) in [4.78, 5) is 29.5. The lowest BCUT2D eigenvalue weighted by molar-refractivity contribution is -0.128. The third kappa shape index (κ3) is 4.53. The lowest BCUT2D eigenvalue weighted by atomic mass is 10.1.